The fourth-order valence-electron chi connectivity index (χ4n) is 1.55. The van der Waals surface area contributed by atoms with Crippen LogP contribution in [0.5, 0.6) is 0 Å². The van der Waals surface area contributed by atoms with Gasteiger partial charge in [-0.15, -0.1) is 0 Å². The van der Waals surface area contributed by atoms with Gasteiger partial charge < -0.3 is 9.80 Å². The van der Waals surface area contributed by atoms with Gasteiger partial charge in [0.25, 0.3) is 0 Å². The Morgan fingerprint density at radius 3 is 2.11 bits per heavy atom. The molecule has 0 aromatic carbocycles. The Hall–Kier alpha value is -0.810. The Labute approximate surface area is 112 Å². The van der Waals surface area contributed by atoms with E-state index in [0.717, 1.165) is 32.1 Å². The molecule has 0 radical (unpaired) electrons. The predicted octanol–water partition coefficient (Wildman–Crippen LogP) is 0.981. The molecule has 0 fully saturated rings. The second-order valence-electron chi connectivity index (χ2n) is 5.85. The van der Waals surface area contributed by atoms with Crippen molar-refractivity contribution in [2.45, 2.75) is 27.7 Å². The Morgan fingerprint density at radius 2 is 1.72 bits per heavy atom. The maximum absolute atomic E-state index is 5.61. The van der Waals surface area contributed by atoms with E-state index < -0.39 is 0 Å². The zero-order valence-corrected chi connectivity index (χ0v) is 12.9. The average molecular weight is 257 g/mol. The first-order chi connectivity index (χ1) is 8.36. The van der Waals surface area contributed by atoms with E-state index in [1.165, 1.54) is 0 Å². The zero-order valence-electron chi connectivity index (χ0n) is 12.9. The third-order valence-corrected chi connectivity index (χ3v) is 2.44. The van der Waals surface area contributed by atoms with E-state index in [4.69, 9.17) is 5.84 Å². The maximum Gasteiger partial charge on any atom is 0.208 e. The number of hydrogen-bond acceptors (Lipinski definition) is 3. The molecule has 3 N–H and O–H groups in total. The van der Waals surface area contributed by atoms with Gasteiger partial charge in [-0.3, -0.25) is 10.4 Å². The summed E-state index contributed by atoms with van der Waals surface area (Å²) >= 11 is 0. The van der Waals surface area contributed by atoms with Gasteiger partial charge in [0.1, 0.15) is 0 Å². The normalized spacial score (nSPS) is 12.7. The number of likely N-dealkylation sites (N-methyl/N-ethyl adjacent to an activating group) is 1. The molecule has 0 spiro atoms. The number of rotatable bonds is 7. The number of aliphatic imine (C=N–C) groups is 1. The predicted molar refractivity (Wildman–Crippen MR) is 79.4 cm³/mol. The van der Waals surface area contributed by atoms with Crippen LogP contribution < -0.4 is 11.3 Å². The average Bonchev–Trinajstić information content (AvgIpc) is 2.25. The third kappa shape index (κ3) is 8.31. The van der Waals surface area contributed by atoms with Gasteiger partial charge in [0.15, 0.2) is 0 Å². The maximum atomic E-state index is 5.61. The van der Waals surface area contributed by atoms with Crippen molar-refractivity contribution in [3.8, 4) is 0 Å². The van der Waals surface area contributed by atoms with Crippen LogP contribution in [0.1, 0.15) is 27.7 Å². The number of guanidine groups is 1. The molecule has 0 atom stereocenters. The molecule has 5 heteroatoms. The summed E-state index contributed by atoms with van der Waals surface area (Å²) in [7, 11) is 4.16. The van der Waals surface area contributed by atoms with E-state index in [0.29, 0.717) is 11.8 Å². The lowest BCUT2D eigenvalue weighted by atomic mass is 10.2. The minimum Gasteiger partial charge on any atom is -0.340 e. The molecule has 0 aliphatic rings. The van der Waals surface area contributed by atoms with E-state index in [-0.39, 0.29) is 0 Å². The Balaban J connectivity index is 4.60. The highest BCUT2D eigenvalue weighted by Crippen LogP contribution is 2.01. The highest BCUT2D eigenvalue weighted by Gasteiger charge is 2.12. The third-order valence-electron chi connectivity index (χ3n) is 2.44. The Morgan fingerprint density at radius 1 is 1.11 bits per heavy atom. The fourth-order valence-corrected chi connectivity index (χ4v) is 1.55. The number of nitrogens with zero attached hydrogens (tertiary/aromatic N) is 3. The monoisotopic (exact) mass is 257 g/mol. The molecule has 0 aromatic rings. The molecule has 18 heavy (non-hydrogen) atoms. The molecule has 0 saturated carbocycles. The van der Waals surface area contributed by atoms with Gasteiger partial charge in [-0.2, -0.15) is 0 Å². The van der Waals surface area contributed by atoms with Crippen LogP contribution in [0.2, 0.25) is 0 Å². The first-order valence-electron chi connectivity index (χ1n) is 6.77. The summed E-state index contributed by atoms with van der Waals surface area (Å²) in [5, 5.41) is 0. The van der Waals surface area contributed by atoms with Gasteiger partial charge in [0.2, 0.25) is 5.96 Å². The van der Waals surface area contributed by atoms with E-state index in [9.17, 15) is 0 Å². The van der Waals surface area contributed by atoms with Crippen LogP contribution in [-0.2, 0) is 0 Å². The lowest BCUT2D eigenvalue weighted by molar-refractivity contribution is 0.300. The number of nitrogens with one attached hydrogen (secondary N) is 1. The summed E-state index contributed by atoms with van der Waals surface area (Å²) < 4.78 is 0. The van der Waals surface area contributed by atoms with Crippen LogP contribution in [0.15, 0.2) is 4.99 Å². The smallest absolute Gasteiger partial charge is 0.208 e. The van der Waals surface area contributed by atoms with Gasteiger partial charge in [-0.1, -0.05) is 27.7 Å². The summed E-state index contributed by atoms with van der Waals surface area (Å²) in [6.07, 6.45) is 0. The van der Waals surface area contributed by atoms with Crippen molar-refractivity contribution in [1.29, 1.82) is 0 Å². The van der Waals surface area contributed by atoms with Gasteiger partial charge in [0.05, 0.1) is 0 Å². The molecule has 0 saturated heterocycles. The van der Waals surface area contributed by atoms with Gasteiger partial charge in [-0.25, -0.2) is 5.84 Å². The topological polar surface area (TPSA) is 56.9 Å². The Kier molecular flexibility index (Phi) is 8.75. The van der Waals surface area contributed by atoms with Crippen molar-refractivity contribution in [2.75, 3.05) is 40.3 Å². The highest BCUT2D eigenvalue weighted by atomic mass is 15.4. The molecule has 0 amide bonds. The second-order valence-corrected chi connectivity index (χ2v) is 5.85. The largest absolute Gasteiger partial charge is 0.340 e. The molecule has 0 bridgehead atoms. The summed E-state index contributed by atoms with van der Waals surface area (Å²) in [5.74, 6) is 7.54. The first-order valence-corrected chi connectivity index (χ1v) is 6.77. The van der Waals surface area contributed by atoms with Gasteiger partial charge in [-0.05, 0) is 25.9 Å². The summed E-state index contributed by atoms with van der Waals surface area (Å²) in [6, 6.07) is 0. The van der Waals surface area contributed by atoms with E-state index >= 15 is 0 Å². The molecule has 0 aliphatic heterocycles. The number of hydrazine groups is 1. The van der Waals surface area contributed by atoms with Gasteiger partial charge in [0, 0.05) is 26.2 Å². The molecule has 0 aliphatic carbocycles. The van der Waals surface area contributed by atoms with Crippen molar-refractivity contribution >= 4 is 5.96 Å². The van der Waals surface area contributed by atoms with E-state index in [1.54, 1.807) is 0 Å². The molecular formula is C13H31N5. The van der Waals surface area contributed by atoms with Crippen molar-refractivity contribution in [3.05, 3.63) is 0 Å². The SMILES string of the molecule is CC(C)CN=C(NN)N(CCN(C)C)CC(C)C. The molecule has 5 nitrogen and oxygen atoms in total. The van der Waals surface area contributed by atoms with Crippen LogP contribution in [-0.4, -0.2) is 56.0 Å². The van der Waals surface area contributed by atoms with Crippen molar-refractivity contribution in [2.24, 2.45) is 22.7 Å². The summed E-state index contributed by atoms with van der Waals surface area (Å²) in [5.41, 5.74) is 2.74. The second kappa shape index (κ2) is 9.16. The molecule has 0 heterocycles. The quantitative estimate of drug-likeness (QED) is 0.309. The van der Waals surface area contributed by atoms with E-state index in [2.05, 4.69) is 62.0 Å². The zero-order chi connectivity index (χ0) is 14.1. The minimum absolute atomic E-state index is 0.545. The molecular weight excluding hydrogens is 226 g/mol. The van der Waals surface area contributed by atoms with Crippen LogP contribution in [0.25, 0.3) is 0 Å². The summed E-state index contributed by atoms with van der Waals surface area (Å²) in [6.45, 7) is 12.4. The number of hydrogen-bond donors (Lipinski definition) is 2. The molecule has 0 rings (SSSR count). The van der Waals surface area contributed by atoms with Crippen LogP contribution in [0.3, 0.4) is 0 Å². The summed E-state index contributed by atoms with van der Waals surface area (Å²) in [4.78, 5) is 8.96. The van der Waals surface area contributed by atoms with Crippen molar-refractivity contribution < 1.29 is 0 Å². The van der Waals surface area contributed by atoms with Crippen LogP contribution >= 0.6 is 0 Å². The Bertz CT molecular complexity index is 236. The molecule has 0 aromatic heterocycles. The van der Waals surface area contributed by atoms with Crippen molar-refractivity contribution in [1.82, 2.24) is 15.2 Å². The number of nitrogens with two attached hydrogens (primary N) is 1. The lowest BCUT2D eigenvalue weighted by Crippen LogP contribution is -2.48. The fraction of sp³-hybridized carbons (Fsp3) is 0.923. The molecule has 0 unspecified atom stereocenters. The van der Waals surface area contributed by atoms with Crippen molar-refractivity contribution in [3.63, 3.8) is 0 Å². The standard InChI is InChI=1S/C13H31N5/c1-11(2)9-15-13(16-14)18(10-12(3)4)8-7-17(5)6/h11-12H,7-10,14H2,1-6H3,(H,15,16). The molecule has 108 valence electrons. The lowest BCUT2D eigenvalue weighted by Gasteiger charge is -2.28. The minimum atomic E-state index is 0.545. The van der Waals surface area contributed by atoms with E-state index in [1.807, 2.05) is 0 Å². The highest BCUT2D eigenvalue weighted by molar-refractivity contribution is 5.79. The first kappa shape index (κ1) is 17.2. The van der Waals surface area contributed by atoms with Crippen LogP contribution in [0, 0.1) is 11.8 Å². The van der Waals surface area contributed by atoms with Crippen LogP contribution in [0.4, 0.5) is 0 Å². The van der Waals surface area contributed by atoms with Gasteiger partial charge >= 0.3 is 0 Å².